The Kier molecular flexibility index (Phi) is 12.3. The number of hydrogen-bond donors (Lipinski definition) is 2. The molecule has 23 heavy (non-hydrogen) atoms. The zero-order valence-corrected chi connectivity index (χ0v) is 18.3. The maximum atomic E-state index is 4.36. The first-order chi connectivity index (χ1) is 10.5. The Bertz CT molecular complexity index is 325. The van der Waals surface area contributed by atoms with E-state index in [0.29, 0.717) is 11.5 Å². The summed E-state index contributed by atoms with van der Waals surface area (Å²) in [5, 5.41) is 7.01. The predicted octanol–water partition coefficient (Wildman–Crippen LogP) is 3.86. The summed E-state index contributed by atoms with van der Waals surface area (Å²) < 4.78 is 0. The molecule has 0 atom stereocenters. The summed E-state index contributed by atoms with van der Waals surface area (Å²) in [4.78, 5) is 6.76. The van der Waals surface area contributed by atoms with E-state index in [-0.39, 0.29) is 24.0 Å². The highest BCUT2D eigenvalue weighted by Gasteiger charge is 2.31. The second-order valence-corrected chi connectivity index (χ2v) is 7.19. The third-order valence-corrected chi connectivity index (χ3v) is 5.38. The molecule has 1 saturated carbocycles. The fourth-order valence-electron chi connectivity index (χ4n) is 3.22. The van der Waals surface area contributed by atoms with Gasteiger partial charge in [-0.25, -0.2) is 0 Å². The van der Waals surface area contributed by atoms with Crippen molar-refractivity contribution in [2.45, 2.75) is 71.8 Å². The molecule has 5 heteroatoms. The zero-order valence-electron chi connectivity index (χ0n) is 16.0. The first-order valence-corrected chi connectivity index (χ1v) is 9.18. The fraction of sp³-hybridized carbons (Fsp3) is 0.944. The van der Waals surface area contributed by atoms with Crippen LogP contribution in [-0.4, -0.2) is 50.6 Å². The van der Waals surface area contributed by atoms with Crippen LogP contribution < -0.4 is 10.6 Å². The largest absolute Gasteiger partial charge is 0.356 e. The molecule has 2 N–H and O–H groups in total. The maximum absolute atomic E-state index is 4.36. The van der Waals surface area contributed by atoms with Gasteiger partial charge in [-0.05, 0) is 65.0 Å². The molecule has 0 spiro atoms. The van der Waals surface area contributed by atoms with Crippen molar-refractivity contribution < 1.29 is 0 Å². The summed E-state index contributed by atoms with van der Waals surface area (Å²) in [5.74, 6) is 0.969. The van der Waals surface area contributed by atoms with Crippen LogP contribution in [0.3, 0.4) is 0 Å². The monoisotopic (exact) mass is 438 g/mol. The van der Waals surface area contributed by atoms with Gasteiger partial charge in [0.1, 0.15) is 0 Å². The maximum Gasteiger partial charge on any atom is 0.190 e. The lowest BCUT2D eigenvalue weighted by Crippen LogP contribution is -2.43. The highest BCUT2D eigenvalue weighted by molar-refractivity contribution is 14.0. The lowest BCUT2D eigenvalue weighted by atomic mass is 9.83. The third-order valence-electron chi connectivity index (χ3n) is 5.38. The van der Waals surface area contributed by atoms with Gasteiger partial charge in [-0.1, -0.05) is 19.8 Å². The average molecular weight is 438 g/mol. The van der Waals surface area contributed by atoms with Crippen LogP contribution in [0.25, 0.3) is 0 Å². The number of nitrogens with one attached hydrogen (secondary N) is 2. The molecule has 0 heterocycles. The summed E-state index contributed by atoms with van der Waals surface area (Å²) in [6.07, 6.45) is 9.23. The van der Waals surface area contributed by atoms with Crippen LogP contribution in [0.2, 0.25) is 0 Å². The molecule has 0 aromatic carbocycles. The van der Waals surface area contributed by atoms with Crippen LogP contribution in [0.15, 0.2) is 4.99 Å². The molecule has 0 bridgehead atoms. The Morgan fingerprint density at radius 2 is 1.83 bits per heavy atom. The van der Waals surface area contributed by atoms with Crippen molar-refractivity contribution in [3.8, 4) is 0 Å². The van der Waals surface area contributed by atoms with Gasteiger partial charge in [0, 0.05) is 26.2 Å². The van der Waals surface area contributed by atoms with Crippen molar-refractivity contribution in [2.24, 2.45) is 10.4 Å². The SMILES string of the molecule is CCC1(CNC(=NC)NCCCCN(C)C(C)C)CCCC1.I. The van der Waals surface area contributed by atoms with Crippen LogP contribution >= 0.6 is 24.0 Å². The van der Waals surface area contributed by atoms with Crippen molar-refractivity contribution in [1.29, 1.82) is 0 Å². The standard InChI is InChI=1S/C18H38N4.HI/c1-6-18(11-7-8-12-18)15-21-17(19-4)20-13-9-10-14-22(5)16(2)3;/h16H,6-15H2,1-5H3,(H2,19,20,21);1H. The molecular weight excluding hydrogens is 399 g/mol. The molecule has 1 aliphatic carbocycles. The molecular formula is C18H39IN4. The summed E-state index contributed by atoms with van der Waals surface area (Å²) in [6.45, 7) is 10.1. The van der Waals surface area contributed by atoms with Crippen LogP contribution in [-0.2, 0) is 0 Å². The van der Waals surface area contributed by atoms with Gasteiger partial charge in [-0.2, -0.15) is 0 Å². The minimum absolute atomic E-state index is 0. The van der Waals surface area contributed by atoms with E-state index < -0.39 is 0 Å². The highest BCUT2D eigenvalue weighted by atomic mass is 127. The molecule has 0 amide bonds. The lowest BCUT2D eigenvalue weighted by molar-refractivity contribution is 0.268. The number of halogens is 1. The second kappa shape index (κ2) is 12.3. The van der Waals surface area contributed by atoms with Crippen LogP contribution in [0.5, 0.6) is 0 Å². The van der Waals surface area contributed by atoms with Gasteiger partial charge in [-0.15, -0.1) is 24.0 Å². The molecule has 0 radical (unpaired) electrons. The number of aliphatic imine (C=N–C) groups is 1. The zero-order chi connectivity index (χ0) is 16.4. The van der Waals surface area contributed by atoms with Crippen LogP contribution in [0.1, 0.15) is 65.7 Å². The van der Waals surface area contributed by atoms with Gasteiger partial charge in [0.2, 0.25) is 0 Å². The van der Waals surface area contributed by atoms with E-state index in [1.54, 1.807) is 0 Å². The van der Waals surface area contributed by atoms with Gasteiger partial charge in [0.25, 0.3) is 0 Å². The molecule has 0 unspecified atom stereocenters. The van der Waals surface area contributed by atoms with Crippen LogP contribution in [0.4, 0.5) is 0 Å². The van der Waals surface area contributed by atoms with E-state index >= 15 is 0 Å². The molecule has 1 aliphatic rings. The van der Waals surface area contributed by atoms with Crippen molar-refractivity contribution in [2.75, 3.05) is 33.7 Å². The van der Waals surface area contributed by atoms with Crippen LogP contribution in [0, 0.1) is 5.41 Å². The van der Waals surface area contributed by atoms with Crippen molar-refractivity contribution in [3.63, 3.8) is 0 Å². The molecule has 1 fully saturated rings. The molecule has 0 saturated heterocycles. The smallest absolute Gasteiger partial charge is 0.190 e. The lowest BCUT2D eigenvalue weighted by Gasteiger charge is -2.28. The Balaban J connectivity index is 0.00000484. The minimum Gasteiger partial charge on any atom is -0.356 e. The van der Waals surface area contributed by atoms with Crippen molar-refractivity contribution >= 4 is 29.9 Å². The number of guanidine groups is 1. The van der Waals surface area contributed by atoms with E-state index in [0.717, 1.165) is 19.0 Å². The third kappa shape index (κ3) is 8.57. The first-order valence-electron chi connectivity index (χ1n) is 9.18. The number of nitrogens with zero attached hydrogens (tertiary/aromatic N) is 2. The van der Waals surface area contributed by atoms with E-state index in [9.17, 15) is 0 Å². The Labute approximate surface area is 161 Å². The topological polar surface area (TPSA) is 39.7 Å². The number of rotatable bonds is 9. The van der Waals surface area contributed by atoms with E-state index in [1.165, 1.54) is 51.5 Å². The van der Waals surface area contributed by atoms with Gasteiger partial charge in [0.15, 0.2) is 5.96 Å². The fourth-order valence-corrected chi connectivity index (χ4v) is 3.22. The summed E-state index contributed by atoms with van der Waals surface area (Å²) in [7, 11) is 4.07. The van der Waals surface area contributed by atoms with Crippen molar-refractivity contribution in [3.05, 3.63) is 0 Å². The first kappa shape index (κ1) is 23.0. The van der Waals surface area contributed by atoms with Gasteiger partial charge < -0.3 is 15.5 Å². The normalized spacial score (nSPS) is 17.4. The molecule has 138 valence electrons. The highest BCUT2D eigenvalue weighted by Crippen LogP contribution is 2.40. The molecule has 4 nitrogen and oxygen atoms in total. The number of unbranched alkanes of at least 4 members (excludes halogenated alkanes) is 1. The molecule has 0 aliphatic heterocycles. The van der Waals surface area contributed by atoms with Gasteiger partial charge >= 0.3 is 0 Å². The Hall–Kier alpha value is -0.0400. The second-order valence-electron chi connectivity index (χ2n) is 7.19. The number of hydrogen-bond acceptors (Lipinski definition) is 2. The van der Waals surface area contributed by atoms with E-state index in [2.05, 4.69) is 48.3 Å². The Morgan fingerprint density at radius 1 is 1.17 bits per heavy atom. The molecule has 0 aromatic rings. The Morgan fingerprint density at radius 3 is 2.35 bits per heavy atom. The van der Waals surface area contributed by atoms with Gasteiger partial charge in [0.05, 0.1) is 0 Å². The van der Waals surface area contributed by atoms with E-state index in [4.69, 9.17) is 0 Å². The summed E-state index contributed by atoms with van der Waals surface area (Å²) in [5.41, 5.74) is 0.512. The average Bonchev–Trinajstić information content (AvgIpc) is 2.99. The summed E-state index contributed by atoms with van der Waals surface area (Å²) in [6, 6.07) is 0.638. The quantitative estimate of drug-likeness (QED) is 0.249. The predicted molar refractivity (Wildman–Crippen MR) is 113 cm³/mol. The minimum atomic E-state index is 0. The van der Waals surface area contributed by atoms with E-state index in [1.807, 2.05) is 7.05 Å². The van der Waals surface area contributed by atoms with Crippen molar-refractivity contribution in [1.82, 2.24) is 15.5 Å². The molecule has 1 rings (SSSR count). The van der Waals surface area contributed by atoms with Gasteiger partial charge in [-0.3, -0.25) is 4.99 Å². The molecule has 0 aromatic heterocycles. The summed E-state index contributed by atoms with van der Waals surface area (Å²) >= 11 is 0.